The van der Waals surface area contributed by atoms with Gasteiger partial charge in [-0.05, 0) is 23.8 Å². The summed E-state index contributed by atoms with van der Waals surface area (Å²) >= 11 is 0. The molecule has 0 fully saturated rings. The topological polar surface area (TPSA) is 69.2 Å². The van der Waals surface area contributed by atoms with Gasteiger partial charge < -0.3 is 19.6 Å². The number of nitrogens with zero attached hydrogens (tertiary/aromatic N) is 1. The number of oxime groups is 1. The standard InChI is InChI=1S/C18H19FN2O4/c1-23-16-8-7-13(9-17(16)24-2)10-20-18(22)12-25-21-11-14-5-3-4-6-15(14)19/h3-9,11H,10,12H2,1-2H3,(H,20,22)/b21-11-. The maximum absolute atomic E-state index is 13.4. The number of ether oxygens (including phenoxy) is 2. The Morgan fingerprint density at radius 3 is 2.64 bits per heavy atom. The Balaban J connectivity index is 1.78. The van der Waals surface area contributed by atoms with Gasteiger partial charge in [-0.3, -0.25) is 4.79 Å². The van der Waals surface area contributed by atoms with Crippen LogP contribution in [0, 0.1) is 5.82 Å². The Morgan fingerprint density at radius 2 is 1.92 bits per heavy atom. The van der Waals surface area contributed by atoms with Gasteiger partial charge in [-0.1, -0.05) is 29.4 Å². The van der Waals surface area contributed by atoms with E-state index in [4.69, 9.17) is 14.3 Å². The van der Waals surface area contributed by atoms with Crippen molar-refractivity contribution in [3.8, 4) is 11.5 Å². The van der Waals surface area contributed by atoms with Crippen molar-refractivity contribution in [3.63, 3.8) is 0 Å². The van der Waals surface area contributed by atoms with Crippen LogP contribution in [0.1, 0.15) is 11.1 Å². The van der Waals surface area contributed by atoms with Crippen LogP contribution in [0.25, 0.3) is 0 Å². The lowest BCUT2D eigenvalue weighted by Gasteiger charge is -2.10. The van der Waals surface area contributed by atoms with E-state index >= 15 is 0 Å². The fourth-order valence-corrected chi connectivity index (χ4v) is 2.01. The molecule has 2 aromatic carbocycles. The molecule has 0 saturated carbocycles. The lowest BCUT2D eigenvalue weighted by Crippen LogP contribution is -2.26. The van der Waals surface area contributed by atoms with E-state index in [0.29, 0.717) is 18.0 Å². The SMILES string of the molecule is COc1ccc(CNC(=O)CO/N=C\c2ccccc2F)cc1OC. The zero-order chi connectivity index (χ0) is 18.1. The summed E-state index contributed by atoms with van der Waals surface area (Å²) in [6.07, 6.45) is 1.22. The summed E-state index contributed by atoms with van der Waals surface area (Å²) in [6.45, 7) is 0.0395. The minimum atomic E-state index is -0.409. The Hall–Kier alpha value is -3.09. The number of carbonyl (C=O) groups excluding carboxylic acids is 1. The van der Waals surface area contributed by atoms with Crippen LogP contribution in [0.3, 0.4) is 0 Å². The van der Waals surface area contributed by atoms with Crippen LogP contribution in [-0.2, 0) is 16.2 Å². The van der Waals surface area contributed by atoms with E-state index in [-0.39, 0.29) is 18.1 Å². The fourth-order valence-electron chi connectivity index (χ4n) is 2.01. The van der Waals surface area contributed by atoms with Crippen LogP contribution in [0.4, 0.5) is 4.39 Å². The van der Waals surface area contributed by atoms with Crippen LogP contribution in [-0.4, -0.2) is 32.9 Å². The van der Waals surface area contributed by atoms with Crippen molar-refractivity contribution in [3.05, 3.63) is 59.4 Å². The van der Waals surface area contributed by atoms with Gasteiger partial charge in [-0.15, -0.1) is 0 Å². The van der Waals surface area contributed by atoms with Crippen LogP contribution < -0.4 is 14.8 Å². The van der Waals surface area contributed by atoms with Crippen LogP contribution in [0.15, 0.2) is 47.6 Å². The number of carbonyl (C=O) groups is 1. The van der Waals surface area contributed by atoms with E-state index in [1.807, 2.05) is 6.07 Å². The normalized spacial score (nSPS) is 10.5. The number of hydrogen-bond acceptors (Lipinski definition) is 5. The zero-order valence-corrected chi connectivity index (χ0v) is 14.0. The maximum atomic E-state index is 13.4. The molecule has 0 unspecified atom stereocenters. The molecule has 0 aliphatic carbocycles. The summed E-state index contributed by atoms with van der Waals surface area (Å²) in [6, 6.07) is 11.5. The number of amides is 1. The third-order valence-electron chi connectivity index (χ3n) is 3.30. The molecular formula is C18H19FN2O4. The Labute approximate surface area is 145 Å². The van der Waals surface area contributed by atoms with Crippen molar-refractivity contribution in [2.45, 2.75) is 6.54 Å². The first-order valence-corrected chi connectivity index (χ1v) is 7.51. The van der Waals surface area contributed by atoms with Gasteiger partial charge in [0.05, 0.1) is 20.4 Å². The second-order valence-electron chi connectivity index (χ2n) is 5.00. The van der Waals surface area contributed by atoms with E-state index in [9.17, 15) is 9.18 Å². The highest BCUT2D eigenvalue weighted by molar-refractivity contribution is 5.80. The van der Waals surface area contributed by atoms with Crippen molar-refractivity contribution >= 4 is 12.1 Å². The van der Waals surface area contributed by atoms with Crippen molar-refractivity contribution in [2.75, 3.05) is 20.8 Å². The highest BCUT2D eigenvalue weighted by atomic mass is 19.1. The lowest BCUT2D eigenvalue weighted by atomic mass is 10.2. The predicted octanol–water partition coefficient (Wildman–Crippen LogP) is 2.51. The van der Waals surface area contributed by atoms with Gasteiger partial charge in [0.2, 0.25) is 0 Å². The average molecular weight is 346 g/mol. The molecule has 0 aliphatic rings. The first-order chi connectivity index (χ1) is 12.1. The summed E-state index contributed by atoms with van der Waals surface area (Å²) < 4.78 is 23.7. The summed E-state index contributed by atoms with van der Waals surface area (Å²) in [4.78, 5) is 16.6. The number of benzene rings is 2. The van der Waals surface area contributed by atoms with Gasteiger partial charge >= 0.3 is 0 Å². The molecule has 0 atom stereocenters. The van der Waals surface area contributed by atoms with E-state index in [1.54, 1.807) is 44.6 Å². The first-order valence-electron chi connectivity index (χ1n) is 7.51. The van der Waals surface area contributed by atoms with Gasteiger partial charge in [0.1, 0.15) is 5.82 Å². The molecule has 6 nitrogen and oxygen atoms in total. The second kappa shape index (κ2) is 9.27. The number of nitrogens with one attached hydrogen (secondary N) is 1. The zero-order valence-electron chi connectivity index (χ0n) is 14.0. The van der Waals surface area contributed by atoms with Gasteiger partial charge in [0, 0.05) is 12.1 Å². The molecule has 0 heterocycles. The molecule has 132 valence electrons. The monoisotopic (exact) mass is 346 g/mol. The molecule has 25 heavy (non-hydrogen) atoms. The van der Waals surface area contributed by atoms with E-state index < -0.39 is 5.82 Å². The number of hydrogen-bond donors (Lipinski definition) is 1. The predicted molar refractivity (Wildman–Crippen MR) is 91.3 cm³/mol. The molecule has 0 saturated heterocycles. The van der Waals surface area contributed by atoms with Crippen molar-refractivity contribution in [1.82, 2.24) is 5.32 Å². The van der Waals surface area contributed by atoms with E-state index in [1.165, 1.54) is 12.3 Å². The largest absolute Gasteiger partial charge is 0.493 e. The molecule has 0 bridgehead atoms. The van der Waals surface area contributed by atoms with Gasteiger partial charge in [-0.2, -0.15) is 0 Å². The van der Waals surface area contributed by atoms with E-state index in [2.05, 4.69) is 10.5 Å². The summed E-state index contributed by atoms with van der Waals surface area (Å²) in [7, 11) is 3.10. The Bertz CT molecular complexity index is 750. The number of rotatable bonds is 8. The highest BCUT2D eigenvalue weighted by Crippen LogP contribution is 2.27. The van der Waals surface area contributed by atoms with Crippen LogP contribution in [0.5, 0.6) is 11.5 Å². The lowest BCUT2D eigenvalue weighted by molar-refractivity contribution is -0.125. The average Bonchev–Trinajstić information content (AvgIpc) is 2.64. The number of methoxy groups -OCH3 is 2. The van der Waals surface area contributed by atoms with E-state index in [0.717, 1.165) is 5.56 Å². The molecule has 1 amide bonds. The number of halogens is 1. The van der Waals surface area contributed by atoms with Crippen LogP contribution in [0.2, 0.25) is 0 Å². The minimum absolute atomic E-state index is 0.266. The smallest absolute Gasteiger partial charge is 0.261 e. The van der Waals surface area contributed by atoms with Crippen molar-refractivity contribution in [1.29, 1.82) is 0 Å². The highest BCUT2D eigenvalue weighted by Gasteiger charge is 2.06. The molecule has 2 rings (SSSR count). The third kappa shape index (κ3) is 5.49. The van der Waals surface area contributed by atoms with Gasteiger partial charge in [0.15, 0.2) is 18.1 Å². The molecule has 2 aromatic rings. The first kappa shape index (κ1) is 18.3. The molecule has 0 aliphatic heterocycles. The molecule has 7 heteroatoms. The molecule has 1 N–H and O–H groups in total. The van der Waals surface area contributed by atoms with Crippen LogP contribution >= 0.6 is 0 Å². The molecule has 0 radical (unpaired) electrons. The Morgan fingerprint density at radius 1 is 1.16 bits per heavy atom. The van der Waals surface area contributed by atoms with Crippen molar-refractivity contribution in [2.24, 2.45) is 5.16 Å². The van der Waals surface area contributed by atoms with Gasteiger partial charge in [0.25, 0.3) is 5.91 Å². The molecule has 0 aromatic heterocycles. The molecular weight excluding hydrogens is 327 g/mol. The summed E-state index contributed by atoms with van der Waals surface area (Å²) in [5.41, 5.74) is 1.13. The summed E-state index contributed by atoms with van der Waals surface area (Å²) in [5, 5.41) is 6.27. The van der Waals surface area contributed by atoms with Crippen molar-refractivity contribution < 1.29 is 23.5 Å². The molecule has 0 spiro atoms. The summed E-state index contributed by atoms with van der Waals surface area (Å²) in [5.74, 6) is 0.441. The second-order valence-corrected chi connectivity index (χ2v) is 5.00. The van der Waals surface area contributed by atoms with Gasteiger partial charge in [-0.25, -0.2) is 4.39 Å². The Kier molecular flexibility index (Phi) is 6.76. The quantitative estimate of drug-likeness (QED) is 0.589. The maximum Gasteiger partial charge on any atom is 0.261 e. The third-order valence-corrected chi connectivity index (χ3v) is 3.30. The minimum Gasteiger partial charge on any atom is -0.493 e. The fraction of sp³-hybridized carbons (Fsp3) is 0.222.